The molecule has 120 valence electrons. The highest BCUT2D eigenvalue weighted by Crippen LogP contribution is 2.30. The van der Waals surface area contributed by atoms with Gasteiger partial charge in [0.05, 0.1) is 18.1 Å². The lowest BCUT2D eigenvalue weighted by molar-refractivity contribution is 0.0917. The Kier molecular flexibility index (Phi) is 4.10. The Hall–Kier alpha value is -1.96. The lowest BCUT2D eigenvalue weighted by Crippen LogP contribution is -2.47. The predicted molar refractivity (Wildman–Crippen MR) is 79.9 cm³/mol. The van der Waals surface area contributed by atoms with E-state index in [0.29, 0.717) is 31.1 Å². The highest BCUT2D eigenvalue weighted by molar-refractivity contribution is 7.91. The standard InChI is InChI=1S/C14H18N2O5S/c17-14(16-10-5-6-22(18,19)9-10)15-7-11-8-20-12-3-1-2-4-13(12)21-11/h1-4,10-11H,5-9H2,(H2,15,16,17)/t10-,11+/m0/s1. The van der Waals surface area contributed by atoms with E-state index in [1.54, 1.807) is 0 Å². The Balaban J connectivity index is 1.44. The van der Waals surface area contributed by atoms with Crippen LogP contribution in [0.5, 0.6) is 11.5 Å². The van der Waals surface area contributed by atoms with Gasteiger partial charge >= 0.3 is 6.03 Å². The quantitative estimate of drug-likeness (QED) is 0.834. The maximum Gasteiger partial charge on any atom is 0.315 e. The number of fused-ring (bicyclic) bond motifs is 1. The molecule has 0 bridgehead atoms. The molecule has 2 amide bonds. The van der Waals surface area contributed by atoms with E-state index in [1.807, 2.05) is 24.3 Å². The summed E-state index contributed by atoms with van der Waals surface area (Å²) in [7, 11) is -3.00. The van der Waals surface area contributed by atoms with Crippen LogP contribution in [-0.4, -0.2) is 51.3 Å². The highest BCUT2D eigenvalue weighted by atomic mass is 32.2. The normalized spacial score (nSPS) is 25.5. The van der Waals surface area contributed by atoms with Crippen LogP contribution in [-0.2, 0) is 9.84 Å². The minimum atomic E-state index is -3.00. The first kappa shape index (κ1) is 15.0. The number of rotatable bonds is 3. The largest absolute Gasteiger partial charge is 0.486 e. The zero-order valence-corrected chi connectivity index (χ0v) is 12.8. The summed E-state index contributed by atoms with van der Waals surface area (Å²) in [5.74, 6) is 1.49. The maximum atomic E-state index is 11.8. The van der Waals surface area contributed by atoms with E-state index < -0.39 is 9.84 Å². The van der Waals surface area contributed by atoms with Gasteiger partial charge in [0.1, 0.15) is 6.61 Å². The predicted octanol–water partition coefficient (Wildman–Crippen LogP) is 0.313. The third kappa shape index (κ3) is 3.62. The molecule has 2 aliphatic rings. The monoisotopic (exact) mass is 326 g/mol. The van der Waals surface area contributed by atoms with Gasteiger partial charge in [0.25, 0.3) is 0 Å². The summed E-state index contributed by atoms with van der Waals surface area (Å²) in [4.78, 5) is 11.8. The molecule has 0 aromatic heterocycles. The topological polar surface area (TPSA) is 93.7 Å². The third-order valence-corrected chi connectivity index (χ3v) is 5.39. The average Bonchev–Trinajstić information content (AvgIpc) is 2.84. The first-order chi connectivity index (χ1) is 10.5. The number of hydrogen-bond acceptors (Lipinski definition) is 5. The summed E-state index contributed by atoms with van der Waals surface area (Å²) in [6, 6.07) is 6.66. The summed E-state index contributed by atoms with van der Waals surface area (Å²) >= 11 is 0. The molecule has 2 atom stereocenters. The van der Waals surface area contributed by atoms with Crippen LogP contribution in [0.1, 0.15) is 6.42 Å². The molecule has 2 N–H and O–H groups in total. The Morgan fingerprint density at radius 2 is 2.05 bits per heavy atom. The second kappa shape index (κ2) is 6.04. The van der Waals surface area contributed by atoms with Crippen molar-refractivity contribution in [3.63, 3.8) is 0 Å². The van der Waals surface area contributed by atoms with Gasteiger partial charge in [-0.25, -0.2) is 13.2 Å². The zero-order chi connectivity index (χ0) is 15.6. The van der Waals surface area contributed by atoms with Gasteiger partial charge in [-0.15, -0.1) is 0 Å². The van der Waals surface area contributed by atoms with Crippen LogP contribution in [0.25, 0.3) is 0 Å². The van der Waals surface area contributed by atoms with E-state index in [1.165, 1.54) is 0 Å². The Morgan fingerprint density at radius 1 is 1.27 bits per heavy atom. The number of nitrogens with one attached hydrogen (secondary N) is 2. The van der Waals surface area contributed by atoms with Crippen molar-refractivity contribution >= 4 is 15.9 Å². The van der Waals surface area contributed by atoms with Crippen LogP contribution in [0.4, 0.5) is 4.79 Å². The van der Waals surface area contributed by atoms with Crippen molar-refractivity contribution in [1.29, 1.82) is 0 Å². The van der Waals surface area contributed by atoms with E-state index in [2.05, 4.69) is 10.6 Å². The van der Waals surface area contributed by atoms with Gasteiger partial charge in [-0.3, -0.25) is 0 Å². The third-order valence-electron chi connectivity index (χ3n) is 3.63. The first-order valence-corrected chi connectivity index (χ1v) is 8.97. The van der Waals surface area contributed by atoms with Crippen molar-refractivity contribution in [3.05, 3.63) is 24.3 Å². The number of para-hydroxylation sites is 2. The summed E-state index contributed by atoms with van der Waals surface area (Å²) in [6.45, 7) is 0.648. The molecule has 2 aliphatic heterocycles. The molecular weight excluding hydrogens is 308 g/mol. The van der Waals surface area contributed by atoms with Crippen LogP contribution in [0.2, 0.25) is 0 Å². The molecule has 1 fully saturated rings. The van der Waals surface area contributed by atoms with Gasteiger partial charge in [0.15, 0.2) is 27.4 Å². The molecule has 0 radical (unpaired) electrons. The summed E-state index contributed by atoms with van der Waals surface area (Å²) in [5.41, 5.74) is 0. The maximum absolute atomic E-state index is 11.8. The molecule has 1 saturated heterocycles. The first-order valence-electron chi connectivity index (χ1n) is 7.15. The molecule has 8 heteroatoms. The molecule has 0 unspecified atom stereocenters. The summed E-state index contributed by atoms with van der Waals surface area (Å²) < 4.78 is 33.9. The lowest BCUT2D eigenvalue weighted by atomic mass is 10.2. The van der Waals surface area contributed by atoms with Crippen molar-refractivity contribution in [3.8, 4) is 11.5 Å². The number of sulfone groups is 1. The van der Waals surface area contributed by atoms with Gasteiger partial charge in [0.2, 0.25) is 0 Å². The van der Waals surface area contributed by atoms with Gasteiger partial charge in [-0.1, -0.05) is 12.1 Å². The Bertz CT molecular complexity index is 661. The molecule has 1 aromatic carbocycles. The Labute approximate surface area is 128 Å². The second-order valence-corrected chi connectivity index (χ2v) is 7.68. The van der Waals surface area contributed by atoms with E-state index in [-0.39, 0.29) is 29.7 Å². The number of amides is 2. The fraction of sp³-hybridized carbons (Fsp3) is 0.500. The Morgan fingerprint density at radius 3 is 2.77 bits per heavy atom. The van der Waals surface area contributed by atoms with Crippen LogP contribution >= 0.6 is 0 Å². The number of carbonyl (C=O) groups is 1. The molecule has 1 aromatic rings. The van der Waals surface area contributed by atoms with E-state index >= 15 is 0 Å². The van der Waals surface area contributed by atoms with Crippen molar-refractivity contribution in [1.82, 2.24) is 10.6 Å². The highest BCUT2D eigenvalue weighted by Gasteiger charge is 2.29. The van der Waals surface area contributed by atoms with Crippen LogP contribution in [0.3, 0.4) is 0 Å². The van der Waals surface area contributed by atoms with Crippen molar-refractivity contribution in [2.45, 2.75) is 18.6 Å². The van der Waals surface area contributed by atoms with E-state index in [9.17, 15) is 13.2 Å². The zero-order valence-electron chi connectivity index (χ0n) is 11.9. The van der Waals surface area contributed by atoms with Crippen molar-refractivity contribution < 1.29 is 22.7 Å². The number of hydrogen-bond donors (Lipinski definition) is 2. The van der Waals surface area contributed by atoms with Gasteiger partial charge in [-0.05, 0) is 18.6 Å². The number of carbonyl (C=O) groups excluding carboxylic acids is 1. The van der Waals surface area contributed by atoms with Crippen LogP contribution < -0.4 is 20.1 Å². The molecule has 2 heterocycles. The van der Waals surface area contributed by atoms with E-state index in [4.69, 9.17) is 9.47 Å². The fourth-order valence-electron chi connectivity index (χ4n) is 2.52. The molecular formula is C14H18N2O5S. The van der Waals surface area contributed by atoms with E-state index in [0.717, 1.165) is 0 Å². The smallest absolute Gasteiger partial charge is 0.315 e. The van der Waals surface area contributed by atoms with Crippen LogP contribution in [0.15, 0.2) is 24.3 Å². The van der Waals surface area contributed by atoms with Gasteiger partial charge in [0, 0.05) is 6.04 Å². The number of ether oxygens (including phenoxy) is 2. The average molecular weight is 326 g/mol. The molecule has 7 nitrogen and oxygen atoms in total. The molecule has 0 spiro atoms. The number of benzene rings is 1. The summed E-state index contributed by atoms with van der Waals surface area (Å²) in [5, 5.41) is 5.36. The van der Waals surface area contributed by atoms with Crippen molar-refractivity contribution in [2.24, 2.45) is 0 Å². The molecule has 3 rings (SSSR count). The molecule has 0 saturated carbocycles. The number of urea groups is 1. The molecule has 0 aliphatic carbocycles. The second-order valence-electron chi connectivity index (χ2n) is 5.45. The van der Waals surface area contributed by atoms with Crippen LogP contribution in [0, 0.1) is 0 Å². The molecule has 22 heavy (non-hydrogen) atoms. The summed E-state index contributed by atoms with van der Waals surface area (Å²) in [6.07, 6.45) is 0.194. The van der Waals surface area contributed by atoms with Gasteiger partial charge < -0.3 is 20.1 Å². The minimum Gasteiger partial charge on any atom is -0.486 e. The van der Waals surface area contributed by atoms with Crippen molar-refractivity contribution in [2.75, 3.05) is 24.7 Å². The minimum absolute atomic E-state index is 0.0107. The fourth-order valence-corrected chi connectivity index (χ4v) is 4.19. The lowest BCUT2D eigenvalue weighted by Gasteiger charge is -2.26. The SMILES string of the molecule is O=C(NC[C@@H]1COc2ccccc2O1)N[C@H]1CCS(=O)(=O)C1. The van der Waals surface area contributed by atoms with Gasteiger partial charge in [-0.2, -0.15) is 0 Å².